The normalized spacial score (nSPS) is 18.6. The van der Waals surface area contributed by atoms with Crippen LogP contribution in [0.5, 0.6) is 0 Å². The van der Waals surface area contributed by atoms with E-state index in [1.165, 1.54) is 0 Å². The number of amides is 1. The molecule has 5 heteroatoms. The van der Waals surface area contributed by atoms with Crippen molar-refractivity contribution in [2.24, 2.45) is 0 Å². The van der Waals surface area contributed by atoms with Crippen molar-refractivity contribution in [3.05, 3.63) is 52.0 Å². The van der Waals surface area contributed by atoms with Gasteiger partial charge >= 0.3 is 0 Å². The zero-order valence-corrected chi connectivity index (χ0v) is 15.3. The number of benzene rings is 1. The predicted molar refractivity (Wildman–Crippen MR) is 96.2 cm³/mol. The third-order valence-corrected chi connectivity index (χ3v) is 5.48. The molecule has 1 aliphatic heterocycles. The van der Waals surface area contributed by atoms with E-state index in [9.17, 15) is 4.79 Å². The fraction of sp³-hybridized carbons (Fsp3) is 0.474. The summed E-state index contributed by atoms with van der Waals surface area (Å²) in [5.41, 5.74) is 2.02. The third kappa shape index (κ3) is 3.84. The number of morpholine rings is 1. The summed E-state index contributed by atoms with van der Waals surface area (Å²) in [6.45, 7) is 8.22. The molecular formula is C19H24N2O2S. The zero-order chi connectivity index (χ0) is 17.2. The van der Waals surface area contributed by atoms with Gasteiger partial charge < -0.3 is 9.64 Å². The first-order valence-electron chi connectivity index (χ1n) is 8.32. The van der Waals surface area contributed by atoms with Crippen LogP contribution in [0.4, 0.5) is 0 Å². The topological polar surface area (TPSA) is 42.4 Å². The smallest absolute Gasteiger partial charge is 0.229 e. The molecule has 1 atom stereocenters. The Morgan fingerprint density at radius 1 is 1.33 bits per heavy atom. The maximum atomic E-state index is 12.8. The van der Waals surface area contributed by atoms with Gasteiger partial charge in [0, 0.05) is 17.3 Å². The maximum Gasteiger partial charge on any atom is 0.229 e. The maximum absolute atomic E-state index is 12.8. The number of ether oxygens (including phenoxy) is 1. The fourth-order valence-corrected chi connectivity index (χ4v) is 3.75. The van der Waals surface area contributed by atoms with E-state index in [0.29, 0.717) is 26.2 Å². The lowest BCUT2D eigenvalue weighted by Gasteiger charge is -2.36. The van der Waals surface area contributed by atoms with Gasteiger partial charge in [-0.05, 0) is 5.56 Å². The standard InChI is InChI=1S/C19H24N2O2S/c1-19(2,3)18-20-15(13-24-18)11-17(22)21-9-10-23-12-16(21)14-7-5-4-6-8-14/h4-8,13,16H,9-12H2,1-3H3/t16-/m0/s1. The largest absolute Gasteiger partial charge is 0.377 e. The Hall–Kier alpha value is -1.72. The molecule has 24 heavy (non-hydrogen) atoms. The number of thiazole rings is 1. The lowest BCUT2D eigenvalue weighted by Crippen LogP contribution is -2.44. The van der Waals surface area contributed by atoms with Gasteiger partial charge in [0.2, 0.25) is 5.91 Å². The lowest BCUT2D eigenvalue weighted by molar-refractivity contribution is -0.139. The van der Waals surface area contributed by atoms with Crippen LogP contribution in [-0.2, 0) is 21.4 Å². The van der Waals surface area contributed by atoms with E-state index < -0.39 is 0 Å². The molecule has 0 N–H and O–H groups in total. The Morgan fingerprint density at radius 3 is 2.75 bits per heavy atom. The number of nitrogens with zero attached hydrogens (tertiary/aromatic N) is 2. The van der Waals surface area contributed by atoms with Gasteiger partial charge in [-0.25, -0.2) is 4.98 Å². The number of aromatic nitrogens is 1. The Kier molecular flexibility index (Phi) is 5.01. The van der Waals surface area contributed by atoms with Crippen molar-refractivity contribution in [2.75, 3.05) is 19.8 Å². The SMILES string of the molecule is CC(C)(C)c1nc(CC(=O)N2CCOC[C@H]2c2ccccc2)cs1. The number of rotatable bonds is 3. The van der Waals surface area contributed by atoms with Crippen molar-refractivity contribution < 1.29 is 9.53 Å². The van der Waals surface area contributed by atoms with Gasteiger partial charge in [-0.1, -0.05) is 51.1 Å². The number of carbonyl (C=O) groups excluding carboxylic acids is 1. The minimum atomic E-state index is -0.00632. The average molecular weight is 344 g/mol. The summed E-state index contributed by atoms with van der Waals surface area (Å²) in [6.07, 6.45) is 0.357. The Labute approximate surface area is 147 Å². The molecule has 4 nitrogen and oxygen atoms in total. The molecule has 0 unspecified atom stereocenters. The van der Waals surface area contributed by atoms with E-state index in [-0.39, 0.29) is 17.4 Å². The van der Waals surface area contributed by atoms with Gasteiger partial charge in [0.05, 0.1) is 36.4 Å². The molecule has 0 saturated carbocycles. The van der Waals surface area contributed by atoms with Crippen LogP contribution in [0, 0.1) is 0 Å². The van der Waals surface area contributed by atoms with E-state index in [4.69, 9.17) is 4.74 Å². The highest BCUT2D eigenvalue weighted by Gasteiger charge is 2.29. The highest BCUT2D eigenvalue weighted by Crippen LogP contribution is 2.27. The monoisotopic (exact) mass is 344 g/mol. The highest BCUT2D eigenvalue weighted by molar-refractivity contribution is 7.09. The second-order valence-electron chi connectivity index (χ2n) is 7.16. The molecule has 2 heterocycles. The van der Waals surface area contributed by atoms with Crippen LogP contribution in [0.3, 0.4) is 0 Å². The average Bonchev–Trinajstić information content (AvgIpc) is 3.04. The van der Waals surface area contributed by atoms with Crippen LogP contribution in [0.25, 0.3) is 0 Å². The molecule has 128 valence electrons. The molecule has 0 spiro atoms. The van der Waals surface area contributed by atoms with Crippen molar-refractivity contribution >= 4 is 17.2 Å². The molecule has 1 aromatic carbocycles. The summed E-state index contributed by atoms with van der Waals surface area (Å²) in [7, 11) is 0. The molecule has 0 radical (unpaired) electrons. The molecule has 2 aromatic rings. The van der Waals surface area contributed by atoms with Crippen LogP contribution >= 0.6 is 11.3 Å². The molecule has 3 rings (SSSR count). The number of carbonyl (C=O) groups is 1. The summed E-state index contributed by atoms with van der Waals surface area (Å²) in [6, 6.07) is 10.1. The third-order valence-electron chi connectivity index (χ3n) is 4.16. The quantitative estimate of drug-likeness (QED) is 0.855. The Morgan fingerprint density at radius 2 is 2.08 bits per heavy atom. The van der Waals surface area contributed by atoms with Gasteiger partial charge in [-0.2, -0.15) is 0 Å². The fourth-order valence-electron chi connectivity index (χ4n) is 2.84. The summed E-state index contributed by atoms with van der Waals surface area (Å²) in [4.78, 5) is 19.4. The van der Waals surface area contributed by atoms with E-state index in [0.717, 1.165) is 16.3 Å². The van der Waals surface area contributed by atoms with Gasteiger partial charge in [-0.3, -0.25) is 4.79 Å². The summed E-state index contributed by atoms with van der Waals surface area (Å²) >= 11 is 1.64. The zero-order valence-electron chi connectivity index (χ0n) is 14.5. The molecule has 1 aromatic heterocycles. The van der Waals surface area contributed by atoms with Crippen LogP contribution in [0.15, 0.2) is 35.7 Å². The van der Waals surface area contributed by atoms with Gasteiger partial charge in [0.25, 0.3) is 0 Å². The van der Waals surface area contributed by atoms with Crippen molar-refractivity contribution in [2.45, 2.75) is 38.6 Å². The van der Waals surface area contributed by atoms with Crippen molar-refractivity contribution in [3.8, 4) is 0 Å². The highest BCUT2D eigenvalue weighted by atomic mass is 32.1. The minimum absolute atomic E-state index is 0.00632. The van der Waals surface area contributed by atoms with Crippen molar-refractivity contribution in [3.63, 3.8) is 0 Å². The first kappa shape index (κ1) is 17.1. The summed E-state index contributed by atoms with van der Waals surface area (Å²) in [5.74, 6) is 0.123. The van der Waals surface area contributed by atoms with Crippen LogP contribution < -0.4 is 0 Å². The Balaban J connectivity index is 1.74. The van der Waals surface area contributed by atoms with E-state index in [1.54, 1.807) is 11.3 Å². The van der Waals surface area contributed by atoms with Crippen molar-refractivity contribution in [1.82, 2.24) is 9.88 Å². The van der Waals surface area contributed by atoms with Crippen molar-refractivity contribution in [1.29, 1.82) is 0 Å². The molecular weight excluding hydrogens is 320 g/mol. The van der Waals surface area contributed by atoms with Gasteiger partial charge in [0.1, 0.15) is 0 Å². The summed E-state index contributed by atoms with van der Waals surface area (Å²) in [5, 5.41) is 3.09. The molecule has 0 aliphatic carbocycles. The predicted octanol–water partition coefficient (Wildman–Crippen LogP) is 3.58. The van der Waals surface area contributed by atoms with Crippen LogP contribution in [-0.4, -0.2) is 35.5 Å². The van der Waals surface area contributed by atoms with Gasteiger partial charge in [0.15, 0.2) is 0 Å². The molecule has 0 bridgehead atoms. The van der Waals surface area contributed by atoms with E-state index in [2.05, 4.69) is 37.9 Å². The number of hydrogen-bond acceptors (Lipinski definition) is 4. The van der Waals surface area contributed by atoms with Crippen LogP contribution in [0.1, 0.15) is 43.1 Å². The summed E-state index contributed by atoms with van der Waals surface area (Å²) < 4.78 is 5.61. The molecule has 1 amide bonds. The minimum Gasteiger partial charge on any atom is -0.377 e. The van der Waals surface area contributed by atoms with Gasteiger partial charge in [-0.15, -0.1) is 11.3 Å². The lowest BCUT2D eigenvalue weighted by atomic mass is 9.98. The first-order chi connectivity index (χ1) is 11.4. The molecule has 1 aliphatic rings. The number of hydrogen-bond donors (Lipinski definition) is 0. The second-order valence-corrected chi connectivity index (χ2v) is 8.02. The van der Waals surface area contributed by atoms with E-state index >= 15 is 0 Å². The van der Waals surface area contributed by atoms with Crippen LogP contribution in [0.2, 0.25) is 0 Å². The Bertz CT molecular complexity index is 691. The molecule has 1 fully saturated rings. The first-order valence-corrected chi connectivity index (χ1v) is 9.20. The molecule has 1 saturated heterocycles. The second kappa shape index (κ2) is 7.03. The van der Waals surface area contributed by atoms with E-state index in [1.807, 2.05) is 28.5 Å².